The molecule has 0 unspecified atom stereocenters. The van der Waals surface area contributed by atoms with E-state index in [0.717, 1.165) is 5.56 Å². The lowest BCUT2D eigenvalue weighted by Crippen LogP contribution is -2.51. The lowest BCUT2D eigenvalue weighted by atomic mass is 10.2. The van der Waals surface area contributed by atoms with E-state index in [1.807, 2.05) is 0 Å². The minimum absolute atomic E-state index is 0.106. The SMILES string of the molecule is Cc1ccc(O)c(S(=O)(=O)N2CCN(C(=O)Nc3cccnc3)CC2)c1. The molecule has 8 nitrogen and oxygen atoms in total. The van der Waals surface area contributed by atoms with E-state index in [-0.39, 0.29) is 42.9 Å². The fourth-order valence-electron chi connectivity index (χ4n) is 2.74. The van der Waals surface area contributed by atoms with E-state index < -0.39 is 10.0 Å². The molecular formula is C17H20N4O4S. The predicted molar refractivity (Wildman–Crippen MR) is 96.4 cm³/mol. The van der Waals surface area contributed by atoms with Gasteiger partial charge in [-0.3, -0.25) is 4.98 Å². The van der Waals surface area contributed by atoms with Crippen LogP contribution in [0, 0.1) is 6.92 Å². The van der Waals surface area contributed by atoms with Gasteiger partial charge in [-0.1, -0.05) is 6.07 Å². The number of piperazine rings is 1. The lowest BCUT2D eigenvalue weighted by molar-refractivity contribution is 0.184. The molecule has 0 atom stereocenters. The maximum absolute atomic E-state index is 12.8. The quantitative estimate of drug-likeness (QED) is 0.848. The highest BCUT2D eigenvalue weighted by Crippen LogP contribution is 2.27. The number of phenols is 1. The molecule has 0 spiro atoms. The van der Waals surface area contributed by atoms with Gasteiger partial charge in [-0.05, 0) is 36.8 Å². The normalized spacial score (nSPS) is 15.7. The predicted octanol–water partition coefficient (Wildman–Crippen LogP) is 1.63. The molecule has 2 heterocycles. The van der Waals surface area contributed by atoms with E-state index in [9.17, 15) is 18.3 Å². The number of nitrogens with zero attached hydrogens (tertiary/aromatic N) is 3. The molecule has 2 N–H and O–H groups in total. The van der Waals surface area contributed by atoms with Gasteiger partial charge in [0.1, 0.15) is 10.6 Å². The first-order chi connectivity index (χ1) is 12.4. The molecule has 0 saturated carbocycles. The van der Waals surface area contributed by atoms with E-state index in [4.69, 9.17) is 0 Å². The molecular weight excluding hydrogens is 356 g/mol. The second-order valence-electron chi connectivity index (χ2n) is 6.03. The van der Waals surface area contributed by atoms with Crippen molar-refractivity contribution in [3.05, 3.63) is 48.3 Å². The molecule has 26 heavy (non-hydrogen) atoms. The van der Waals surface area contributed by atoms with Crippen molar-refractivity contribution in [2.24, 2.45) is 0 Å². The van der Waals surface area contributed by atoms with Gasteiger partial charge < -0.3 is 15.3 Å². The molecule has 1 aromatic carbocycles. The first-order valence-corrected chi connectivity index (χ1v) is 9.57. The van der Waals surface area contributed by atoms with E-state index in [2.05, 4.69) is 10.3 Å². The van der Waals surface area contributed by atoms with E-state index in [0.29, 0.717) is 5.69 Å². The number of carbonyl (C=O) groups is 1. The number of rotatable bonds is 3. The van der Waals surface area contributed by atoms with Crippen LogP contribution in [-0.2, 0) is 10.0 Å². The van der Waals surface area contributed by atoms with Crippen molar-refractivity contribution in [3.8, 4) is 5.75 Å². The second-order valence-corrected chi connectivity index (χ2v) is 7.94. The zero-order valence-electron chi connectivity index (χ0n) is 14.3. The maximum atomic E-state index is 12.8. The van der Waals surface area contributed by atoms with Crippen LogP contribution in [0.5, 0.6) is 5.75 Å². The number of hydrogen-bond donors (Lipinski definition) is 2. The summed E-state index contributed by atoms with van der Waals surface area (Å²) in [4.78, 5) is 17.6. The summed E-state index contributed by atoms with van der Waals surface area (Å²) < 4.78 is 26.8. The van der Waals surface area contributed by atoms with Gasteiger partial charge in [0.05, 0.1) is 11.9 Å². The van der Waals surface area contributed by atoms with E-state index in [1.54, 1.807) is 42.4 Å². The molecule has 0 bridgehead atoms. The summed E-state index contributed by atoms with van der Waals surface area (Å²) in [5.41, 5.74) is 1.33. The number of carbonyl (C=O) groups excluding carboxylic acids is 1. The van der Waals surface area contributed by atoms with Crippen molar-refractivity contribution in [3.63, 3.8) is 0 Å². The second kappa shape index (κ2) is 7.30. The Hall–Kier alpha value is -2.65. The number of anilines is 1. The molecule has 1 saturated heterocycles. The summed E-state index contributed by atoms with van der Waals surface area (Å²) in [5, 5.41) is 12.6. The summed E-state index contributed by atoms with van der Waals surface area (Å²) in [6.07, 6.45) is 3.15. The van der Waals surface area contributed by atoms with Gasteiger partial charge in [-0.2, -0.15) is 4.31 Å². The number of benzene rings is 1. The molecule has 9 heteroatoms. The molecule has 3 rings (SSSR count). The molecule has 2 aromatic rings. The molecule has 1 aromatic heterocycles. The number of aromatic nitrogens is 1. The Labute approximate surface area is 152 Å². The Balaban J connectivity index is 1.66. The Kier molecular flexibility index (Phi) is 5.10. The van der Waals surface area contributed by atoms with Gasteiger partial charge in [0.2, 0.25) is 10.0 Å². The van der Waals surface area contributed by atoms with E-state index >= 15 is 0 Å². The fourth-order valence-corrected chi connectivity index (χ4v) is 4.33. The smallest absolute Gasteiger partial charge is 0.321 e. The van der Waals surface area contributed by atoms with Crippen LogP contribution >= 0.6 is 0 Å². The van der Waals surface area contributed by atoms with Crippen LogP contribution in [0.4, 0.5) is 10.5 Å². The van der Waals surface area contributed by atoms with Crippen LogP contribution in [-0.4, -0.2) is 59.9 Å². The zero-order chi connectivity index (χ0) is 18.7. The zero-order valence-corrected chi connectivity index (χ0v) is 15.1. The van der Waals surface area contributed by atoms with Crippen LogP contribution in [0.25, 0.3) is 0 Å². The van der Waals surface area contributed by atoms with Gasteiger partial charge in [0, 0.05) is 32.4 Å². The number of phenolic OH excluding ortho intramolecular Hbond substituents is 1. The van der Waals surface area contributed by atoms with Gasteiger partial charge in [0.25, 0.3) is 0 Å². The minimum Gasteiger partial charge on any atom is -0.507 e. The average molecular weight is 376 g/mol. The van der Waals surface area contributed by atoms with Gasteiger partial charge in [-0.15, -0.1) is 0 Å². The third kappa shape index (κ3) is 3.78. The summed E-state index contributed by atoms with van der Waals surface area (Å²) in [6, 6.07) is 7.62. The number of urea groups is 1. The highest BCUT2D eigenvalue weighted by Gasteiger charge is 2.31. The first kappa shape index (κ1) is 18.2. The number of sulfonamides is 1. The Morgan fingerprint density at radius 3 is 2.58 bits per heavy atom. The Morgan fingerprint density at radius 1 is 1.19 bits per heavy atom. The molecule has 1 aliphatic heterocycles. The number of aryl methyl sites for hydroxylation is 1. The van der Waals surface area contributed by atoms with Gasteiger partial charge >= 0.3 is 6.03 Å². The van der Waals surface area contributed by atoms with E-state index in [1.165, 1.54) is 16.4 Å². The van der Waals surface area contributed by atoms with Crippen LogP contribution < -0.4 is 5.32 Å². The third-order valence-electron chi connectivity index (χ3n) is 4.17. The summed E-state index contributed by atoms with van der Waals surface area (Å²) in [5.74, 6) is -0.271. The van der Waals surface area contributed by atoms with Crippen LogP contribution in [0.1, 0.15) is 5.56 Å². The minimum atomic E-state index is -3.81. The van der Waals surface area contributed by atoms with Crippen molar-refractivity contribution in [2.45, 2.75) is 11.8 Å². The molecule has 0 radical (unpaired) electrons. The molecule has 1 fully saturated rings. The molecule has 138 valence electrons. The van der Waals surface area contributed by atoms with Gasteiger partial charge in [-0.25, -0.2) is 13.2 Å². The summed E-state index contributed by atoms with van der Waals surface area (Å²) in [7, 11) is -3.81. The largest absolute Gasteiger partial charge is 0.507 e. The topological polar surface area (TPSA) is 103 Å². The lowest BCUT2D eigenvalue weighted by Gasteiger charge is -2.34. The van der Waals surface area contributed by atoms with Crippen LogP contribution in [0.3, 0.4) is 0 Å². The Morgan fingerprint density at radius 2 is 1.92 bits per heavy atom. The highest BCUT2D eigenvalue weighted by atomic mass is 32.2. The summed E-state index contributed by atoms with van der Waals surface area (Å²) in [6.45, 7) is 2.61. The number of aromatic hydroxyl groups is 1. The monoisotopic (exact) mass is 376 g/mol. The van der Waals surface area contributed by atoms with Crippen molar-refractivity contribution in [1.82, 2.24) is 14.2 Å². The standard InChI is InChI=1S/C17H20N4O4S/c1-13-4-5-15(22)16(11-13)26(24,25)21-9-7-20(8-10-21)17(23)19-14-3-2-6-18-12-14/h2-6,11-12,22H,7-10H2,1H3,(H,19,23). The maximum Gasteiger partial charge on any atom is 0.321 e. The third-order valence-corrected chi connectivity index (χ3v) is 6.10. The van der Waals surface area contributed by atoms with Crippen molar-refractivity contribution >= 4 is 21.7 Å². The average Bonchev–Trinajstić information content (AvgIpc) is 2.64. The number of nitrogens with one attached hydrogen (secondary N) is 1. The molecule has 0 aliphatic carbocycles. The highest BCUT2D eigenvalue weighted by molar-refractivity contribution is 7.89. The van der Waals surface area contributed by atoms with Crippen molar-refractivity contribution < 1.29 is 18.3 Å². The van der Waals surface area contributed by atoms with Crippen LogP contribution in [0.15, 0.2) is 47.6 Å². The number of pyridine rings is 1. The first-order valence-electron chi connectivity index (χ1n) is 8.13. The number of hydrogen-bond acceptors (Lipinski definition) is 5. The fraction of sp³-hybridized carbons (Fsp3) is 0.294. The van der Waals surface area contributed by atoms with Crippen molar-refractivity contribution in [1.29, 1.82) is 0 Å². The summed E-state index contributed by atoms with van der Waals surface area (Å²) >= 11 is 0. The van der Waals surface area contributed by atoms with Crippen molar-refractivity contribution in [2.75, 3.05) is 31.5 Å². The Bertz CT molecular complexity index is 894. The molecule has 2 amide bonds. The molecule has 1 aliphatic rings. The van der Waals surface area contributed by atoms with Gasteiger partial charge in [0.15, 0.2) is 0 Å². The van der Waals surface area contributed by atoms with Crippen LogP contribution in [0.2, 0.25) is 0 Å². The number of amides is 2.